The maximum absolute atomic E-state index is 12.1. The van der Waals surface area contributed by atoms with E-state index in [9.17, 15) is 48.5 Å². The molecular formula is C11H18F10NO2P. The molecule has 154 valence electrons. The van der Waals surface area contributed by atoms with Gasteiger partial charge in [0.2, 0.25) is 0 Å². The Kier molecular flexibility index (Phi) is 8.53. The van der Waals surface area contributed by atoms with Crippen LogP contribution in [-0.2, 0) is 4.57 Å². The molecular weight excluding hydrogens is 399 g/mol. The Balaban J connectivity index is 0. The third kappa shape index (κ3) is 5.46. The molecule has 0 aliphatic carbocycles. The quantitative estimate of drug-likeness (QED) is 0.460. The van der Waals surface area contributed by atoms with E-state index in [1.54, 1.807) is 0 Å². The van der Waals surface area contributed by atoms with Gasteiger partial charge in [0, 0.05) is 5.54 Å². The minimum absolute atomic E-state index is 0.125. The fourth-order valence-electron chi connectivity index (χ4n) is 1.27. The molecule has 0 atom stereocenters. The van der Waals surface area contributed by atoms with Gasteiger partial charge in [-0.25, -0.2) is 0 Å². The SMILES string of the molecule is CCC(N)(CC)CC.O=P(O)(C(F)(F)C(F)(F)F)C(F)(F)C(F)(F)F. The van der Waals surface area contributed by atoms with E-state index in [1.165, 1.54) is 0 Å². The lowest BCUT2D eigenvalue weighted by Gasteiger charge is -2.30. The molecule has 0 aromatic rings. The zero-order chi connectivity index (χ0) is 21.1. The van der Waals surface area contributed by atoms with E-state index in [4.69, 9.17) is 10.6 Å². The normalized spacial score (nSPS) is 14.8. The van der Waals surface area contributed by atoms with Crippen molar-refractivity contribution in [3.05, 3.63) is 0 Å². The molecule has 0 saturated heterocycles. The molecule has 0 aromatic carbocycles. The lowest BCUT2D eigenvalue weighted by Crippen LogP contribution is -2.47. The molecule has 0 heterocycles. The fourth-order valence-corrected chi connectivity index (χ4v) is 2.31. The molecule has 0 rings (SSSR count). The molecule has 0 radical (unpaired) electrons. The summed E-state index contributed by atoms with van der Waals surface area (Å²) in [4.78, 5) is 7.86. The highest BCUT2D eigenvalue weighted by Gasteiger charge is 2.83. The van der Waals surface area contributed by atoms with Crippen molar-refractivity contribution in [2.24, 2.45) is 5.73 Å². The third-order valence-corrected chi connectivity index (χ3v) is 5.59. The van der Waals surface area contributed by atoms with E-state index >= 15 is 0 Å². The summed E-state index contributed by atoms with van der Waals surface area (Å²) in [5, 5.41) is 0. The van der Waals surface area contributed by atoms with Crippen molar-refractivity contribution in [1.29, 1.82) is 0 Å². The molecule has 0 spiro atoms. The maximum atomic E-state index is 12.1. The van der Waals surface area contributed by atoms with Gasteiger partial charge in [0.1, 0.15) is 0 Å². The van der Waals surface area contributed by atoms with Crippen LogP contribution in [0.3, 0.4) is 0 Å². The van der Waals surface area contributed by atoms with Gasteiger partial charge in [0.25, 0.3) is 0 Å². The van der Waals surface area contributed by atoms with E-state index < -0.39 is 31.0 Å². The van der Waals surface area contributed by atoms with Gasteiger partial charge in [-0.3, -0.25) is 4.57 Å². The summed E-state index contributed by atoms with van der Waals surface area (Å²) in [5.41, 5.74) is -8.15. The zero-order valence-corrected chi connectivity index (χ0v) is 14.2. The molecule has 0 bridgehead atoms. The van der Waals surface area contributed by atoms with Crippen LogP contribution < -0.4 is 5.73 Å². The molecule has 3 nitrogen and oxygen atoms in total. The molecule has 0 aromatic heterocycles. The Bertz CT molecular complexity index is 432. The smallest absolute Gasteiger partial charge is 0.336 e. The fraction of sp³-hybridized carbons (Fsp3) is 1.00. The highest BCUT2D eigenvalue weighted by Crippen LogP contribution is 2.74. The summed E-state index contributed by atoms with van der Waals surface area (Å²) >= 11 is 0. The zero-order valence-electron chi connectivity index (χ0n) is 13.3. The number of hydrogen-bond acceptors (Lipinski definition) is 2. The van der Waals surface area contributed by atoms with Gasteiger partial charge >= 0.3 is 31.0 Å². The number of halogens is 10. The largest absolute Gasteiger partial charge is 0.463 e. The Labute approximate surface area is 137 Å². The monoisotopic (exact) mass is 417 g/mol. The first kappa shape index (κ1) is 26.7. The number of rotatable bonds is 5. The van der Waals surface area contributed by atoms with Crippen molar-refractivity contribution in [3.8, 4) is 0 Å². The van der Waals surface area contributed by atoms with Crippen molar-refractivity contribution < 1.29 is 53.4 Å². The van der Waals surface area contributed by atoms with Crippen molar-refractivity contribution in [3.63, 3.8) is 0 Å². The predicted octanol–water partition coefficient (Wildman–Crippen LogP) is 5.48. The summed E-state index contributed by atoms with van der Waals surface area (Å²) < 4.78 is 127. The predicted molar refractivity (Wildman–Crippen MR) is 69.6 cm³/mol. The topological polar surface area (TPSA) is 63.3 Å². The first-order valence-corrected chi connectivity index (χ1v) is 8.35. The average molecular weight is 417 g/mol. The Hall–Kier alpha value is -0.550. The summed E-state index contributed by atoms with van der Waals surface area (Å²) in [6, 6.07) is 0. The van der Waals surface area contributed by atoms with Gasteiger partial charge in [0.15, 0.2) is 0 Å². The number of hydrogen-bond donors (Lipinski definition) is 2. The van der Waals surface area contributed by atoms with Crippen LogP contribution in [0.25, 0.3) is 0 Å². The summed E-state index contributed by atoms with van der Waals surface area (Å²) in [6.45, 7) is 6.44. The Morgan fingerprint density at radius 1 is 0.720 bits per heavy atom. The first-order chi connectivity index (χ1) is 10.7. The van der Waals surface area contributed by atoms with Gasteiger partial charge in [-0.2, -0.15) is 43.9 Å². The van der Waals surface area contributed by atoms with Gasteiger partial charge in [-0.15, -0.1) is 0 Å². The van der Waals surface area contributed by atoms with Crippen molar-refractivity contribution >= 4 is 7.37 Å². The van der Waals surface area contributed by atoms with E-state index in [2.05, 4.69) is 20.8 Å². The van der Waals surface area contributed by atoms with Crippen LogP contribution in [0.2, 0.25) is 0 Å². The molecule has 0 aliphatic rings. The molecule has 14 heteroatoms. The minimum Gasteiger partial charge on any atom is -0.336 e. The second-order valence-electron chi connectivity index (χ2n) is 5.08. The molecule has 25 heavy (non-hydrogen) atoms. The minimum atomic E-state index is -8.26. The maximum Gasteiger partial charge on any atom is 0.463 e. The van der Waals surface area contributed by atoms with Gasteiger partial charge < -0.3 is 10.6 Å². The van der Waals surface area contributed by atoms with Crippen LogP contribution in [0.4, 0.5) is 43.9 Å². The van der Waals surface area contributed by atoms with Crippen molar-refractivity contribution in [2.45, 2.75) is 69.3 Å². The lowest BCUT2D eigenvalue weighted by atomic mass is 9.92. The molecule has 0 amide bonds. The van der Waals surface area contributed by atoms with Crippen LogP contribution in [0.15, 0.2) is 0 Å². The Morgan fingerprint density at radius 3 is 1.00 bits per heavy atom. The third-order valence-electron chi connectivity index (χ3n) is 3.56. The van der Waals surface area contributed by atoms with Gasteiger partial charge in [0.05, 0.1) is 0 Å². The van der Waals surface area contributed by atoms with Crippen LogP contribution in [0, 0.1) is 0 Å². The summed E-state index contributed by atoms with van der Waals surface area (Å²) in [7, 11) is -8.26. The van der Waals surface area contributed by atoms with Crippen LogP contribution in [0.5, 0.6) is 0 Å². The first-order valence-electron chi connectivity index (χ1n) is 6.69. The van der Waals surface area contributed by atoms with Crippen LogP contribution in [-0.4, -0.2) is 34.1 Å². The second kappa shape index (κ2) is 7.99. The van der Waals surface area contributed by atoms with Crippen LogP contribution >= 0.6 is 7.37 Å². The molecule has 0 aliphatic heterocycles. The molecule has 0 saturated carbocycles. The average Bonchev–Trinajstić information content (AvgIpc) is 2.44. The molecule has 0 unspecified atom stereocenters. The van der Waals surface area contributed by atoms with E-state index in [-0.39, 0.29) is 5.54 Å². The molecule has 0 fully saturated rings. The standard InChI is InChI=1S/C7H17N.C4HF10O2P/c1-4-7(8,5-2)6-3;5-1(6,7)3(11,12)17(15,16)4(13,14)2(8,9)10/h4-6,8H2,1-3H3;(H,15,16). The number of nitrogens with two attached hydrogens (primary N) is 1. The molecule has 3 N–H and O–H groups in total. The summed E-state index contributed by atoms with van der Waals surface area (Å²) in [6.07, 6.45) is -10.8. The highest BCUT2D eigenvalue weighted by molar-refractivity contribution is 7.60. The highest BCUT2D eigenvalue weighted by atomic mass is 31.2. The lowest BCUT2D eigenvalue weighted by molar-refractivity contribution is -0.270. The van der Waals surface area contributed by atoms with Gasteiger partial charge in [-0.05, 0) is 19.3 Å². The summed E-state index contributed by atoms with van der Waals surface area (Å²) in [5.74, 6) is 0. The van der Waals surface area contributed by atoms with E-state index in [0.29, 0.717) is 0 Å². The van der Waals surface area contributed by atoms with Crippen molar-refractivity contribution in [1.82, 2.24) is 0 Å². The van der Waals surface area contributed by atoms with Crippen molar-refractivity contribution in [2.75, 3.05) is 0 Å². The van der Waals surface area contributed by atoms with E-state index in [1.807, 2.05) is 0 Å². The second-order valence-corrected chi connectivity index (χ2v) is 7.35. The van der Waals surface area contributed by atoms with Crippen LogP contribution in [0.1, 0.15) is 40.0 Å². The Morgan fingerprint density at radius 2 is 0.920 bits per heavy atom. The van der Waals surface area contributed by atoms with E-state index in [0.717, 1.165) is 19.3 Å². The number of alkyl halides is 10. The van der Waals surface area contributed by atoms with Gasteiger partial charge in [-0.1, -0.05) is 20.8 Å².